The molecule has 1 aliphatic carbocycles. The minimum Gasteiger partial charge on any atom is -0.379 e. The van der Waals surface area contributed by atoms with E-state index in [1.54, 1.807) is 0 Å². The van der Waals surface area contributed by atoms with Gasteiger partial charge in [-0.05, 0) is 137 Å². The number of carbonyl (C=O) groups excluding carboxylic acids is 8. The number of amides is 8. The van der Waals surface area contributed by atoms with Crippen LogP contribution in [0.3, 0.4) is 0 Å². The quantitative estimate of drug-likeness (QED) is 0.0172. The van der Waals surface area contributed by atoms with Crippen LogP contribution >= 0.6 is 11.8 Å². The number of hydrogen-bond donors (Lipinski definition) is 8. The number of nitrogens with one attached hydrogen (secondary N) is 5. The lowest BCUT2D eigenvalue weighted by Gasteiger charge is -2.28. The first-order valence-corrected chi connectivity index (χ1v) is 44.8. The molecule has 8 amide bonds. The molecule has 0 saturated heterocycles. The van der Waals surface area contributed by atoms with Crippen molar-refractivity contribution in [3.05, 3.63) is 298 Å². The first-order chi connectivity index (χ1) is 62.6. The lowest BCUT2D eigenvalue weighted by molar-refractivity contribution is -0.124. The topological polar surface area (TPSA) is 324 Å². The predicted molar refractivity (Wildman–Crippen MR) is 513 cm³/mol. The lowest BCUT2D eigenvalue weighted by atomic mass is 9.89. The summed E-state index contributed by atoms with van der Waals surface area (Å²) in [5, 5.41) is 24.5. The summed E-state index contributed by atoms with van der Waals surface area (Å²) < 4.78 is 14.9. The van der Waals surface area contributed by atoms with E-state index < -0.39 is 0 Å². The van der Waals surface area contributed by atoms with Crippen molar-refractivity contribution in [2.24, 2.45) is 50.2 Å². The highest BCUT2D eigenvalue weighted by Gasteiger charge is 2.43. The number of allylic oxidation sites excluding steroid dienone is 1. The summed E-state index contributed by atoms with van der Waals surface area (Å²) in [7, 11) is 10.1. The van der Waals surface area contributed by atoms with Gasteiger partial charge in [-0.1, -0.05) is 176 Å². The summed E-state index contributed by atoms with van der Waals surface area (Å²) in [6, 6.07) is 64.3. The molecule has 13 heterocycles. The Morgan fingerprint density at radius 2 is 0.736 bits per heavy atom. The van der Waals surface area contributed by atoms with Crippen molar-refractivity contribution < 1.29 is 38.4 Å². The summed E-state index contributed by atoms with van der Waals surface area (Å²) in [5.41, 5.74) is 39.2. The third-order valence-electron chi connectivity index (χ3n) is 26.3. The van der Waals surface area contributed by atoms with Gasteiger partial charge < -0.3 is 54.1 Å². The number of aromatic nitrogens is 7. The molecule has 24 nitrogen and oxygen atoms in total. The van der Waals surface area contributed by atoms with E-state index in [0.717, 1.165) is 208 Å². The fraction of sp³-hybridized carbons (Fsp3) is 0.221. The molecular weight excluding hydrogens is 1630 g/mol. The maximum Gasteiger partial charge on any atom is 0.259 e. The van der Waals surface area contributed by atoms with Crippen LogP contribution in [-0.4, -0.2) is 129 Å². The standard InChI is InChI=1S/C28H28N4O2.C26H24N4O2.C25H23N5O2S.C25H23N3O2/c1-30(2)15-17-12-13-32-22-11-7-5-9-19(22)24(23(32)14-17)26-25(27(33)29-28(26)34)20-16-31(3)21-10-6-4-8-18(20)21;1-29-14-18(16-6-2-4-8-19(16)29)23-24(26(32)28-25(23)31)22-17-7-3-5-9-20(17)30-11-10-15(13-27)12-21(22)30;1-29-13-17(15-7-2-4-9-19(15)29)21-22(24(32)28-23(21)31)18-14-30(11-6-12-33-25(26)27)20-10-5-3-8-16(18)20;1-15-13-19(17-8-3-2-7-16(15)17)22-23(25(30)27-24(22)29)20-14-28(12-6-11-26)21-10-5-4-9-18(20)21/h4-11,16-17H,12-15H2,1-3H3,(H,29,33,34);2-9,14-15H,10-13,27H2,1H3,(H,28,31,32);2-5,7-10,13-14H,6,11-12H2,1H3,(H3,26,27)(H,28,31,32);2-5,7-10,13-15H,6,11-12,26H2,1H3,(H,27,29,30). The maximum absolute atomic E-state index is 13.4. The van der Waals surface area contributed by atoms with Crippen molar-refractivity contribution in [3.63, 3.8) is 0 Å². The second-order valence-electron chi connectivity index (χ2n) is 34.5. The van der Waals surface area contributed by atoms with Crippen molar-refractivity contribution in [1.82, 2.24) is 58.1 Å². The molecular formula is C104H98N16O8S. The molecule has 3 unspecified atom stereocenters. The molecule has 648 valence electrons. The van der Waals surface area contributed by atoms with E-state index in [0.29, 0.717) is 76.1 Å². The number of aryl methyl sites for hydroxylation is 7. The molecule has 8 aromatic carbocycles. The molecule has 25 heteroatoms. The van der Waals surface area contributed by atoms with Gasteiger partial charge in [0.15, 0.2) is 5.17 Å². The highest BCUT2D eigenvalue weighted by molar-refractivity contribution is 8.13. The molecule has 0 bridgehead atoms. The van der Waals surface area contributed by atoms with Gasteiger partial charge in [0.05, 0.1) is 44.6 Å². The molecule has 6 aliphatic heterocycles. The van der Waals surface area contributed by atoms with E-state index >= 15 is 0 Å². The molecule has 7 aliphatic rings. The van der Waals surface area contributed by atoms with Crippen LogP contribution in [0.15, 0.2) is 237 Å². The Hall–Kier alpha value is -14.5. The molecule has 0 radical (unpaired) electrons. The number of benzene rings is 8. The van der Waals surface area contributed by atoms with Crippen LogP contribution in [0.5, 0.6) is 0 Å². The van der Waals surface area contributed by atoms with Gasteiger partial charge in [-0.25, -0.2) is 0 Å². The number of hydrogen-bond acceptors (Lipinski definition) is 13. The zero-order valence-corrected chi connectivity index (χ0v) is 73.4. The largest absolute Gasteiger partial charge is 0.379 e. The number of thioether (sulfide) groups is 1. The van der Waals surface area contributed by atoms with Crippen molar-refractivity contribution in [2.75, 3.05) is 39.5 Å². The minimum absolute atomic E-state index is 0.110. The second-order valence-corrected chi connectivity index (χ2v) is 35.7. The number of rotatable bonds is 18. The van der Waals surface area contributed by atoms with Gasteiger partial charge in [0, 0.05) is 223 Å². The summed E-state index contributed by atoms with van der Waals surface area (Å²) >= 11 is 1.32. The van der Waals surface area contributed by atoms with Gasteiger partial charge in [-0.3, -0.25) is 65.0 Å². The summed E-state index contributed by atoms with van der Waals surface area (Å²) in [5.74, 6) is -0.900. The average Bonchev–Trinajstić information content (AvgIpc) is 1.54. The van der Waals surface area contributed by atoms with E-state index in [1.807, 2.05) is 230 Å². The lowest BCUT2D eigenvalue weighted by Crippen LogP contribution is -2.29. The molecule has 7 aromatic heterocycles. The summed E-state index contributed by atoms with van der Waals surface area (Å²) in [6.07, 6.45) is 17.3. The van der Waals surface area contributed by atoms with Gasteiger partial charge >= 0.3 is 0 Å². The number of amidine groups is 1. The van der Waals surface area contributed by atoms with E-state index in [2.05, 4.69) is 102 Å². The van der Waals surface area contributed by atoms with Gasteiger partial charge in [0.25, 0.3) is 47.3 Å². The number of imide groups is 4. The molecule has 11 N–H and O–H groups in total. The van der Waals surface area contributed by atoms with Gasteiger partial charge in [-0.15, -0.1) is 0 Å². The number of carbonyl (C=O) groups is 8. The fourth-order valence-electron chi connectivity index (χ4n) is 20.6. The Kier molecular flexibility index (Phi) is 22.4. The molecule has 0 saturated carbocycles. The van der Waals surface area contributed by atoms with Gasteiger partial charge in [-0.2, -0.15) is 0 Å². The van der Waals surface area contributed by atoms with Gasteiger partial charge in [0.2, 0.25) is 0 Å². The van der Waals surface area contributed by atoms with E-state index in [9.17, 15) is 38.4 Å². The smallest absolute Gasteiger partial charge is 0.259 e. The Labute approximate surface area is 747 Å². The van der Waals surface area contributed by atoms with E-state index in [4.69, 9.17) is 22.6 Å². The second kappa shape index (κ2) is 34.3. The Balaban J connectivity index is 0.000000112. The van der Waals surface area contributed by atoms with Crippen molar-refractivity contribution >= 4 is 185 Å². The third-order valence-corrected chi connectivity index (χ3v) is 27.1. The molecule has 0 fully saturated rings. The van der Waals surface area contributed by atoms with Gasteiger partial charge in [0.1, 0.15) is 0 Å². The number of para-hydroxylation sites is 7. The summed E-state index contributed by atoms with van der Waals surface area (Å²) in [4.78, 5) is 107. The zero-order chi connectivity index (χ0) is 89.5. The van der Waals surface area contributed by atoms with E-state index in [-0.39, 0.29) is 58.3 Å². The molecule has 0 spiro atoms. The average molecular weight is 1730 g/mol. The molecule has 22 rings (SSSR count). The highest BCUT2D eigenvalue weighted by Crippen LogP contribution is 2.49. The number of fused-ring (bicyclic) bond motifs is 12. The number of nitrogens with zero attached hydrogens (tertiary/aromatic N) is 8. The Morgan fingerprint density at radius 1 is 0.403 bits per heavy atom. The highest BCUT2D eigenvalue weighted by atomic mass is 32.2. The molecule has 3 atom stereocenters. The van der Waals surface area contributed by atoms with Crippen molar-refractivity contribution in [2.45, 2.75) is 77.5 Å². The zero-order valence-electron chi connectivity index (χ0n) is 72.6. The maximum atomic E-state index is 13.4. The first kappa shape index (κ1) is 84.0. The van der Waals surface area contributed by atoms with Crippen LogP contribution in [-0.2, 0) is 98.5 Å². The Bertz CT molecular complexity index is 7480. The minimum atomic E-state index is -0.377. The fourth-order valence-corrected chi connectivity index (χ4v) is 21.1. The van der Waals surface area contributed by atoms with Crippen LogP contribution in [0.2, 0.25) is 0 Å². The monoisotopic (exact) mass is 1730 g/mol. The van der Waals surface area contributed by atoms with Crippen LogP contribution in [0.4, 0.5) is 0 Å². The van der Waals surface area contributed by atoms with Crippen LogP contribution < -0.4 is 38.5 Å². The SMILES string of the molecule is CC1C=C(C2=C(c3cn(CCCN)c4ccccc34)C(=O)NC2=O)c2ccccc21.CN(C)CC1CCn2c(c(C3=C(c4cn(C)c5ccccc45)C(=O)NC3=O)c3ccccc32)C1.Cn1cc(C2=C(c3c4n(c5ccccc35)CCC(CN)C4)C(=O)NC2=O)c2ccccc21.Cn1cc(C2=C(c3cn(CCCSC(=N)N)c4ccccc34)C(=O)NC2=O)c2ccccc21. The van der Waals surface area contributed by atoms with Crippen LogP contribution in [0, 0.1) is 17.2 Å². The van der Waals surface area contributed by atoms with Crippen molar-refractivity contribution in [3.8, 4) is 0 Å². The molecule has 15 aromatic rings. The first-order valence-electron chi connectivity index (χ1n) is 43.8. The van der Waals surface area contributed by atoms with Crippen LogP contribution in [0.1, 0.15) is 100.0 Å². The summed E-state index contributed by atoms with van der Waals surface area (Å²) in [6.45, 7) is 7.58. The predicted octanol–water partition coefficient (Wildman–Crippen LogP) is 14.4. The van der Waals surface area contributed by atoms with Crippen LogP contribution in [0.25, 0.3) is 121 Å². The normalized spacial score (nSPS) is 17.3. The van der Waals surface area contributed by atoms with E-state index in [1.165, 1.54) is 17.3 Å². The number of nitrogens with two attached hydrogens (primary N) is 3. The van der Waals surface area contributed by atoms with Crippen molar-refractivity contribution in [1.29, 1.82) is 5.41 Å². The Morgan fingerprint density at radius 3 is 1.16 bits per heavy atom. The molecule has 129 heavy (non-hydrogen) atoms. The third kappa shape index (κ3) is 14.8.